The van der Waals surface area contributed by atoms with Crippen molar-refractivity contribution in [2.45, 2.75) is 38.4 Å². The number of benzene rings is 1. The van der Waals surface area contributed by atoms with Crippen LogP contribution in [0.5, 0.6) is 0 Å². The van der Waals surface area contributed by atoms with Gasteiger partial charge in [-0.3, -0.25) is 19.1 Å². The second-order valence-corrected chi connectivity index (χ2v) is 6.40. The number of aromatic nitrogens is 2. The van der Waals surface area contributed by atoms with Crippen LogP contribution in [-0.4, -0.2) is 34.3 Å². The maximum Gasteiger partial charge on any atom is 0.330 e. The van der Waals surface area contributed by atoms with Crippen LogP contribution in [0.4, 0.5) is 13.2 Å². The van der Waals surface area contributed by atoms with Crippen LogP contribution in [0.3, 0.4) is 0 Å². The number of rotatable bonds is 6. The molecule has 29 heavy (non-hydrogen) atoms. The molecule has 11 heteroatoms. The van der Waals surface area contributed by atoms with Gasteiger partial charge in [-0.15, -0.1) is 0 Å². The summed E-state index contributed by atoms with van der Waals surface area (Å²) in [7, 11) is 0. The zero-order valence-corrected chi connectivity index (χ0v) is 15.2. The molecule has 0 aliphatic carbocycles. The van der Waals surface area contributed by atoms with Gasteiger partial charge >= 0.3 is 11.7 Å². The van der Waals surface area contributed by atoms with Crippen LogP contribution in [0.25, 0.3) is 0 Å². The Kier molecular flexibility index (Phi) is 6.18. The van der Waals surface area contributed by atoms with Crippen LogP contribution >= 0.6 is 0 Å². The minimum Gasteiger partial charge on any atom is -0.463 e. The number of nitrogens with one attached hydrogen (secondary N) is 1. The second kappa shape index (κ2) is 8.62. The first-order valence-electron chi connectivity index (χ1n) is 8.60. The number of nitrogens with zero attached hydrogens (tertiary/aromatic N) is 1. The van der Waals surface area contributed by atoms with Crippen molar-refractivity contribution in [3.05, 3.63) is 68.2 Å². The summed E-state index contributed by atoms with van der Waals surface area (Å²) in [5.41, 5.74) is -1.97. The summed E-state index contributed by atoms with van der Waals surface area (Å²) in [5, 5.41) is 0. The minimum absolute atomic E-state index is 0.0279. The molecular formula is C18H17F3N2O6. The van der Waals surface area contributed by atoms with Gasteiger partial charge in [0.2, 0.25) is 5.82 Å². The Hall–Kier alpha value is -2.92. The van der Waals surface area contributed by atoms with Gasteiger partial charge in [0.25, 0.3) is 5.56 Å². The highest BCUT2D eigenvalue weighted by Gasteiger charge is 2.38. The van der Waals surface area contributed by atoms with Crippen LogP contribution in [0.2, 0.25) is 0 Å². The van der Waals surface area contributed by atoms with E-state index in [0.29, 0.717) is 12.3 Å². The van der Waals surface area contributed by atoms with Crippen molar-refractivity contribution in [2.75, 3.05) is 6.61 Å². The van der Waals surface area contributed by atoms with E-state index in [0.717, 1.165) is 10.6 Å². The number of esters is 1. The Balaban J connectivity index is 1.78. The first-order chi connectivity index (χ1) is 13.7. The number of hydrogen-bond acceptors (Lipinski definition) is 6. The molecule has 8 nitrogen and oxygen atoms in total. The minimum atomic E-state index is -1.18. The fourth-order valence-electron chi connectivity index (χ4n) is 2.91. The number of carbonyl (C=O) groups excluding carboxylic acids is 1. The lowest BCUT2D eigenvalue weighted by molar-refractivity contribution is -0.148. The van der Waals surface area contributed by atoms with Crippen LogP contribution in [-0.2, 0) is 25.6 Å². The quantitative estimate of drug-likeness (QED) is 0.718. The standard InChI is InChI=1S/C18H17F3N2O6/c1-9(24)27-8-15-14(28-7-10-2-3-11(19)4-12(10)20)5-16(29-15)23-6-13(21)17(25)22-18(23)26/h2-4,6,14-16H,5,7-8H2,1H3,(H,22,25,26)/t14?,15-,16-/m0/s1. The summed E-state index contributed by atoms with van der Waals surface area (Å²) in [6.45, 7) is 0.735. The molecule has 1 aromatic carbocycles. The van der Waals surface area contributed by atoms with Gasteiger partial charge in [-0.05, 0) is 6.07 Å². The lowest BCUT2D eigenvalue weighted by atomic mass is 10.1. The van der Waals surface area contributed by atoms with Gasteiger partial charge in [0.15, 0.2) is 0 Å². The molecule has 0 bridgehead atoms. The van der Waals surface area contributed by atoms with E-state index in [1.54, 1.807) is 0 Å². The highest BCUT2D eigenvalue weighted by Crippen LogP contribution is 2.31. The summed E-state index contributed by atoms with van der Waals surface area (Å²) in [6.07, 6.45) is -1.88. The summed E-state index contributed by atoms with van der Waals surface area (Å²) in [6, 6.07) is 3.02. The molecule has 1 aliphatic rings. The molecule has 1 aromatic heterocycles. The lowest BCUT2D eigenvalue weighted by Gasteiger charge is -2.18. The predicted molar refractivity (Wildman–Crippen MR) is 91.4 cm³/mol. The van der Waals surface area contributed by atoms with Gasteiger partial charge in [0.1, 0.15) is 30.6 Å². The topological polar surface area (TPSA) is 99.6 Å². The average molecular weight is 414 g/mol. The smallest absolute Gasteiger partial charge is 0.330 e. The summed E-state index contributed by atoms with van der Waals surface area (Å²) in [4.78, 5) is 36.1. The highest BCUT2D eigenvalue weighted by molar-refractivity contribution is 5.65. The van der Waals surface area contributed by atoms with E-state index >= 15 is 0 Å². The molecule has 1 N–H and O–H groups in total. The van der Waals surface area contributed by atoms with Crippen molar-refractivity contribution < 1.29 is 32.2 Å². The van der Waals surface area contributed by atoms with E-state index in [4.69, 9.17) is 14.2 Å². The van der Waals surface area contributed by atoms with Gasteiger partial charge < -0.3 is 14.2 Å². The molecule has 1 fully saturated rings. The van der Waals surface area contributed by atoms with Crippen molar-refractivity contribution in [1.29, 1.82) is 0 Å². The monoisotopic (exact) mass is 414 g/mol. The largest absolute Gasteiger partial charge is 0.463 e. The molecule has 3 rings (SSSR count). The lowest BCUT2D eigenvalue weighted by Crippen LogP contribution is -2.34. The Morgan fingerprint density at radius 3 is 2.72 bits per heavy atom. The highest BCUT2D eigenvalue weighted by atomic mass is 19.1. The third kappa shape index (κ3) is 4.93. The van der Waals surface area contributed by atoms with Crippen LogP contribution in [0, 0.1) is 17.5 Å². The fourth-order valence-corrected chi connectivity index (χ4v) is 2.91. The number of hydrogen-bond donors (Lipinski definition) is 1. The SMILES string of the molecule is CC(=O)OC[C@@H]1O[C@H](n2cc(F)c(=O)[nH]c2=O)CC1OCc1ccc(F)cc1F. The van der Waals surface area contributed by atoms with E-state index in [2.05, 4.69) is 0 Å². The van der Waals surface area contributed by atoms with Gasteiger partial charge in [-0.2, -0.15) is 4.39 Å². The van der Waals surface area contributed by atoms with Gasteiger partial charge in [0, 0.05) is 25.0 Å². The molecule has 1 saturated heterocycles. The molecule has 1 aliphatic heterocycles. The molecular weight excluding hydrogens is 397 g/mol. The molecule has 0 amide bonds. The van der Waals surface area contributed by atoms with Gasteiger partial charge in [-0.1, -0.05) is 6.07 Å². The Labute approximate surface area is 161 Å². The molecule has 2 aromatic rings. The zero-order valence-electron chi connectivity index (χ0n) is 15.2. The zero-order chi connectivity index (χ0) is 21.1. The van der Waals surface area contributed by atoms with E-state index in [1.165, 1.54) is 13.0 Å². The number of aromatic amines is 1. The van der Waals surface area contributed by atoms with Crippen LogP contribution in [0.15, 0.2) is 34.0 Å². The number of ether oxygens (including phenoxy) is 3. The normalized spacial score (nSPS) is 21.3. The fraction of sp³-hybridized carbons (Fsp3) is 0.389. The van der Waals surface area contributed by atoms with Gasteiger partial charge in [-0.25, -0.2) is 13.6 Å². The maximum atomic E-state index is 13.8. The second-order valence-electron chi connectivity index (χ2n) is 6.40. The Bertz CT molecular complexity index is 1020. The third-order valence-electron chi connectivity index (χ3n) is 4.33. The molecule has 0 spiro atoms. The number of carbonyl (C=O) groups is 1. The van der Waals surface area contributed by atoms with Gasteiger partial charge in [0.05, 0.1) is 18.9 Å². The molecule has 0 radical (unpaired) electrons. The van der Waals surface area contributed by atoms with Crippen LogP contribution in [0.1, 0.15) is 25.1 Å². The first-order valence-corrected chi connectivity index (χ1v) is 8.60. The van der Waals surface area contributed by atoms with E-state index in [-0.39, 0.29) is 25.2 Å². The number of H-pyrrole nitrogens is 1. The van der Waals surface area contributed by atoms with Crippen molar-refractivity contribution in [3.8, 4) is 0 Å². The molecule has 2 heterocycles. The van der Waals surface area contributed by atoms with E-state index in [1.807, 2.05) is 4.98 Å². The molecule has 156 valence electrons. The van der Waals surface area contributed by atoms with E-state index in [9.17, 15) is 27.6 Å². The summed E-state index contributed by atoms with van der Waals surface area (Å²) < 4.78 is 57.5. The Morgan fingerprint density at radius 2 is 2.03 bits per heavy atom. The predicted octanol–water partition coefficient (Wildman–Crippen LogP) is 1.39. The molecule has 1 unspecified atom stereocenters. The molecule has 0 saturated carbocycles. The number of halogens is 3. The Morgan fingerprint density at radius 1 is 1.28 bits per heavy atom. The first kappa shape index (κ1) is 20.8. The van der Waals surface area contributed by atoms with Crippen molar-refractivity contribution >= 4 is 5.97 Å². The van der Waals surface area contributed by atoms with Crippen molar-refractivity contribution in [3.63, 3.8) is 0 Å². The van der Waals surface area contributed by atoms with Crippen LogP contribution < -0.4 is 11.2 Å². The van der Waals surface area contributed by atoms with E-state index < -0.39 is 53.1 Å². The third-order valence-corrected chi connectivity index (χ3v) is 4.33. The average Bonchev–Trinajstić information content (AvgIpc) is 3.05. The maximum absolute atomic E-state index is 13.8. The van der Waals surface area contributed by atoms with Crippen molar-refractivity contribution in [1.82, 2.24) is 9.55 Å². The van der Waals surface area contributed by atoms with Crippen molar-refractivity contribution in [2.24, 2.45) is 0 Å². The summed E-state index contributed by atoms with van der Waals surface area (Å²) in [5.74, 6) is -3.28. The summed E-state index contributed by atoms with van der Waals surface area (Å²) >= 11 is 0. The molecule has 3 atom stereocenters.